The van der Waals surface area contributed by atoms with E-state index in [4.69, 9.17) is 9.84 Å². The Bertz CT molecular complexity index is 1030. The van der Waals surface area contributed by atoms with Crippen LogP contribution in [0.2, 0.25) is 0 Å². The summed E-state index contributed by atoms with van der Waals surface area (Å²) < 4.78 is 5.99. The molecule has 0 aliphatic carbocycles. The molecule has 1 aromatic carbocycles. The van der Waals surface area contributed by atoms with Crippen molar-refractivity contribution in [1.29, 1.82) is 0 Å². The molecule has 2 aromatic heterocycles. The van der Waals surface area contributed by atoms with Crippen LogP contribution in [-0.2, 0) is 6.42 Å². The van der Waals surface area contributed by atoms with E-state index < -0.39 is 0 Å². The maximum atomic E-state index is 8.97. The Labute approximate surface area is 195 Å². The topological polar surface area (TPSA) is 80.2 Å². The number of anilines is 1. The first-order valence-electron chi connectivity index (χ1n) is 11.4. The summed E-state index contributed by atoms with van der Waals surface area (Å²) in [6, 6.07) is 8.72. The Balaban J connectivity index is 1.90. The minimum absolute atomic E-state index is 0.202. The van der Waals surface area contributed by atoms with Crippen molar-refractivity contribution < 1.29 is 9.84 Å². The van der Waals surface area contributed by atoms with E-state index in [1.54, 1.807) is 11.3 Å². The van der Waals surface area contributed by atoms with Crippen LogP contribution < -0.4 is 10.1 Å². The summed E-state index contributed by atoms with van der Waals surface area (Å²) in [5, 5.41) is 23.2. The highest BCUT2D eigenvalue weighted by atomic mass is 32.1. The van der Waals surface area contributed by atoms with Crippen LogP contribution in [0.15, 0.2) is 24.3 Å². The first kappa shape index (κ1) is 24.1. The number of aliphatic hydroxyl groups excluding tert-OH is 1. The predicted molar refractivity (Wildman–Crippen MR) is 133 cm³/mol. The van der Waals surface area contributed by atoms with Crippen LogP contribution in [0.5, 0.6) is 5.75 Å². The van der Waals surface area contributed by atoms with Crippen molar-refractivity contribution >= 4 is 17.2 Å². The summed E-state index contributed by atoms with van der Waals surface area (Å²) in [5.74, 6) is 1.77. The van der Waals surface area contributed by atoms with Gasteiger partial charge in [-0.25, -0.2) is 4.98 Å². The van der Waals surface area contributed by atoms with E-state index in [1.165, 1.54) is 5.56 Å². The molecule has 0 radical (unpaired) electrons. The Kier molecular flexibility index (Phi) is 8.59. The minimum atomic E-state index is 0.202. The maximum Gasteiger partial charge on any atom is 0.148 e. The first-order valence-corrected chi connectivity index (χ1v) is 12.2. The molecule has 0 bridgehead atoms. The number of nitrogens with zero attached hydrogens (tertiary/aromatic N) is 3. The number of ether oxygens (including phenoxy) is 1. The van der Waals surface area contributed by atoms with Crippen LogP contribution in [0.4, 0.5) is 5.82 Å². The van der Waals surface area contributed by atoms with Crippen molar-refractivity contribution in [1.82, 2.24) is 15.2 Å². The zero-order valence-electron chi connectivity index (χ0n) is 19.7. The second-order valence-corrected chi connectivity index (χ2v) is 9.38. The number of aryl methyl sites for hydroxylation is 3. The lowest BCUT2D eigenvalue weighted by atomic mass is 10.00. The number of benzene rings is 1. The van der Waals surface area contributed by atoms with Crippen molar-refractivity contribution in [3.63, 3.8) is 0 Å². The van der Waals surface area contributed by atoms with Gasteiger partial charge in [-0.05, 0) is 82.3 Å². The van der Waals surface area contributed by atoms with E-state index in [-0.39, 0.29) is 6.61 Å². The van der Waals surface area contributed by atoms with Gasteiger partial charge in [0.25, 0.3) is 0 Å². The first-order chi connectivity index (χ1) is 15.4. The second kappa shape index (κ2) is 11.4. The monoisotopic (exact) mass is 454 g/mol. The smallest absolute Gasteiger partial charge is 0.148 e. The minimum Gasteiger partial charge on any atom is -0.493 e. The van der Waals surface area contributed by atoms with Gasteiger partial charge in [0.2, 0.25) is 0 Å². The van der Waals surface area contributed by atoms with E-state index in [1.807, 2.05) is 13.0 Å². The largest absolute Gasteiger partial charge is 0.493 e. The molecule has 7 heteroatoms. The standard InChI is InChI=1S/C25H34N4O2S/c1-6-9-19-14-22(31-11-8-7-10-30)17(4)12-21(19)25-29-28-24(32-25)20-13-18(5)27-23(15-20)26-16(2)3/h12-16,30H,6-11H2,1-5H3,(H,26,27). The number of unbranched alkanes of at least 4 members (excludes halogenated alkanes) is 1. The third kappa shape index (κ3) is 6.26. The lowest BCUT2D eigenvalue weighted by molar-refractivity contribution is 0.252. The van der Waals surface area contributed by atoms with Crippen LogP contribution in [0.3, 0.4) is 0 Å². The van der Waals surface area contributed by atoms with Crippen LogP contribution in [0.1, 0.15) is 56.9 Å². The second-order valence-electron chi connectivity index (χ2n) is 8.40. The summed E-state index contributed by atoms with van der Waals surface area (Å²) in [6.45, 7) is 11.3. The highest BCUT2D eigenvalue weighted by molar-refractivity contribution is 7.17. The molecule has 0 atom stereocenters. The van der Waals surface area contributed by atoms with E-state index in [0.717, 1.165) is 69.7 Å². The van der Waals surface area contributed by atoms with Crippen molar-refractivity contribution in [2.24, 2.45) is 0 Å². The number of nitrogens with one attached hydrogen (secondary N) is 1. The zero-order chi connectivity index (χ0) is 23.1. The highest BCUT2D eigenvalue weighted by Gasteiger charge is 2.16. The van der Waals surface area contributed by atoms with E-state index in [9.17, 15) is 0 Å². The van der Waals surface area contributed by atoms with Gasteiger partial charge in [0.05, 0.1) is 6.61 Å². The average molecular weight is 455 g/mol. The Morgan fingerprint density at radius 3 is 2.56 bits per heavy atom. The number of aliphatic hydroxyl groups is 1. The molecule has 32 heavy (non-hydrogen) atoms. The number of hydrogen-bond donors (Lipinski definition) is 2. The van der Waals surface area contributed by atoms with Gasteiger partial charge in [-0.15, -0.1) is 10.2 Å². The van der Waals surface area contributed by atoms with E-state index in [2.05, 4.69) is 66.4 Å². The molecular weight excluding hydrogens is 420 g/mol. The van der Waals surface area contributed by atoms with Crippen LogP contribution in [0, 0.1) is 13.8 Å². The van der Waals surface area contributed by atoms with Gasteiger partial charge in [0, 0.05) is 29.5 Å². The molecule has 0 saturated carbocycles. The van der Waals surface area contributed by atoms with Gasteiger partial charge in [-0.3, -0.25) is 0 Å². The molecular formula is C25H34N4O2S. The number of aromatic nitrogens is 3. The van der Waals surface area contributed by atoms with Crippen molar-refractivity contribution in [3.05, 3.63) is 41.1 Å². The van der Waals surface area contributed by atoms with E-state index >= 15 is 0 Å². The molecule has 0 amide bonds. The number of rotatable bonds is 11. The Hall–Kier alpha value is -2.51. The van der Waals surface area contributed by atoms with Crippen molar-refractivity contribution in [3.8, 4) is 26.9 Å². The Morgan fingerprint density at radius 1 is 1.06 bits per heavy atom. The van der Waals surface area contributed by atoms with Crippen LogP contribution in [0.25, 0.3) is 21.1 Å². The van der Waals surface area contributed by atoms with Gasteiger partial charge < -0.3 is 15.2 Å². The molecule has 172 valence electrons. The quantitative estimate of drug-likeness (QED) is 0.356. The third-order valence-corrected chi connectivity index (χ3v) is 6.03. The molecule has 0 unspecified atom stereocenters. The highest BCUT2D eigenvalue weighted by Crippen LogP contribution is 2.36. The number of hydrogen-bond acceptors (Lipinski definition) is 7. The molecule has 0 saturated heterocycles. The molecule has 2 N–H and O–H groups in total. The molecule has 0 spiro atoms. The van der Waals surface area contributed by atoms with Crippen molar-refractivity contribution in [2.75, 3.05) is 18.5 Å². The van der Waals surface area contributed by atoms with Gasteiger partial charge in [0.1, 0.15) is 21.6 Å². The molecule has 0 aliphatic heterocycles. The summed E-state index contributed by atoms with van der Waals surface area (Å²) in [4.78, 5) is 4.58. The fourth-order valence-electron chi connectivity index (χ4n) is 3.57. The molecule has 6 nitrogen and oxygen atoms in total. The van der Waals surface area contributed by atoms with E-state index in [0.29, 0.717) is 12.6 Å². The van der Waals surface area contributed by atoms with Crippen LogP contribution >= 0.6 is 11.3 Å². The molecule has 2 heterocycles. The SMILES string of the molecule is CCCc1cc(OCCCCO)c(C)cc1-c1nnc(-c2cc(C)nc(NC(C)C)c2)s1. The summed E-state index contributed by atoms with van der Waals surface area (Å²) >= 11 is 1.61. The number of pyridine rings is 1. The normalized spacial score (nSPS) is 11.2. The third-order valence-electron chi connectivity index (χ3n) is 5.02. The molecule has 3 aromatic rings. The fraction of sp³-hybridized carbons (Fsp3) is 0.480. The fourth-order valence-corrected chi connectivity index (χ4v) is 4.45. The maximum absolute atomic E-state index is 8.97. The summed E-state index contributed by atoms with van der Waals surface area (Å²) in [7, 11) is 0. The van der Waals surface area contributed by atoms with Crippen LogP contribution in [-0.4, -0.2) is 39.5 Å². The van der Waals surface area contributed by atoms with Gasteiger partial charge in [0.15, 0.2) is 0 Å². The molecule has 3 rings (SSSR count). The Morgan fingerprint density at radius 2 is 1.84 bits per heavy atom. The predicted octanol–water partition coefficient (Wildman–Crippen LogP) is 5.81. The molecule has 0 aliphatic rings. The average Bonchev–Trinajstić information content (AvgIpc) is 3.22. The lowest BCUT2D eigenvalue weighted by Gasteiger charge is -2.14. The summed E-state index contributed by atoms with van der Waals surface area (Å²) in [5.41, 5.74) is 5.42. The van der Waals surface area contributed by atoms with Gasteiger partial charge >= 0.3 is 0 Å². The van der Waals surface area contributed by atoms with Crippen molar-refractivity contribution in [2.45, 2.75) is 66.3 Å². The lowest BCUT2D eigenvalue weighted by Crippen LogP contribution is -2.11. The van der Waals surface area contributed by atoms with Gasteiger partial charge in [-0.2, -0.15) is 0 Å². The van der Waals surface area contributed by atoms with Gasteiger partial charge in [-0.1, -0.05) is 24.7 Å². The zero-order valence-corrected chi connectivity index (χ0v) is 20.6. The molecule has 0 fully saturated rings. The summed E-state index contributed by atoms with van der Waals surface area (Å²) in [6.07, 6.45) is 3.60.